The van der Waals surface area contributed by atoms with E-state index in [-0.39, 0.29) is 5.82 Å². The van der Waals surface area contributed by atoms with Crippen LogP contribution in [0.1, 0.15) is 5.56 Å². The van der Waals surface area contributed by atoms with Crippen molar-refractivity contribution in [2.75, 3.05) is 0 Å². The lowest BCUT2D eigenvalue weighted by molar-refractivity contribution is 0.475. The van der Waals surface area contributed by atoms with E-state index in [1.807, 2.05) is 6.07 Å². The highest BCUT2D eigenvalue weighted by Crippen LogP contribution is 2.30. The summed E-state index contributed by atoms with van der Waals surface area (Å²) in [5, 5.41) is 9.00. The van der Waals surface area contributed by atoms with Crippen LogP contribution in [-0.4, -0.2) is 0 Å². The van der Waals surface area contributed by atoms with Gasteiger partial charge in [0.2, 0.25) is 0 Å². The second kappa shape index (κ2) is 4.98. The molecule has 17 heavy (non-hydrogen) atoms. The van der Waals surface area contributed by atoms with Crippen LogP contribution < -0.4 is 4.74 Å². The van der Waals surface area contributed by atoms with Crippen LogP contribution in [0.15, 0.2) is 46.9 Å². The third kappa shape index (κ3) is 2.63. The van der Waals surface area contributed by atoms with Crippen molar-refractivity contribution in [1.29, 1.82) is 5.26 Å². The molecule has 0 saturated carbocycles. The predicted octanol–water partition coefficient (Wildman–Crippen LogP) is 4.25. The molecule has 0 fully saturated rings. The second-order valence-corrected chi connectivity index (χ2v) is 4.14. The first kappa shape index (κ1) is 11.6. The molecule has 0 N–H and O–H groups in total. The van der Waals surface area contributed by atoms with E-state index in [4.69, 9.17) is 10.00 Å². The molecule has 4 heteroatoms. The zero-order valence-corrected chi connectivity index (χ0v) is 10.2. The Morgan fingerprint density at radius 1 is 1.18 bits per heavy atom. The standard InChI is InChI=1S/C13H7BrFNO/c14-12-5-2-6-13(11(12)8-16)17-10-4-1-3-9(15)7-10/h1-7H. The quantitative estimate of drug-likeness (QED) is 0.828. The maximum absolute atomic E-state index is 13.0. The summed E-state index contributed by atoms with van der Waals surface area (Å²) in [6.45, 7) is 0. The van der Waals surface area contributed by atoms with Gasteiger partial charge in [0.05, 0.1) is 0 Å². The summed E-state index contributed by atoms with van der Waals surface area (Å²) in [4.78, 5) is 0. The molecular weight excluding hydrogens is 285 g/mol. The largest absolute Gasteiger partial charge is 0.456 e. The second-order valence-electron chi connectivity index (χ2n) is 3.28. The number of hydrogen-bond donors (Lipinski definition) is 0. The minimum absolute atomic E-state index is 0.361. The molecule has 0 aliphatic rings. The monoisotopic (exact) mass is 291 g/mol. The Balaban J connectivity index is 2.37. The fourth-order valence-electron chi connectivity index (χ4n) is 1.36. The SMILES string of the molecule is N#Cc1c(Br)cccc1Oc1cccc(F)c1. The maximum atomic E-state index is 13.0. The molecule has 0 aliphatic carbocycles. The molecule has 0 spiro atoms. The summed E-state index contributed by atoms with van der Waals surface area (Å²) in [5.41, 5.74) is 0.386. The Morgan fingerprint density at radius 3 is 2.65 bits per heavy atom. The van der Waals surface area contributed by atoms with Crippen LogP contribution in [0.4, 0.5) is 4.39 Å². The molecule has 0 saturated heterocycles. The van der Waals surface area contributed by atoms with E-state index in [1.54, 1.807) is 30.3 Å². The van der Waals surface area contributed by atoms with E-state index in [0.29, 0.717) is 21.5 Å². The molecule has 0 radical (unpaired) electrons. The molecule has 0 unspecified atom stereocenters. The normalized spacial score (nSPS) is 9.71. The van der Waals surface area contributed by atoms with Crippen molar-refractivity contribution >= 4 is 15.9 Å². The van der Waals surface area contributed by atoms with Crippen LogP contribution in [0.5, 0.6) is 11.5 Å². The molecule has 2 aromatic carbocycles. The van der Waals surface area contributed by atoms with Crippen LogP contribution >= 0.6 is 15.9 Å². The summed E-state index contributed by atoms with van der Waals surface area (Å²) >= 11 is 3.26. The van der Waals surface area contributed by atoms with Crippen molar-refractivity contribution in [2.24, 2.45) is 0 Å². The van der Waals surface area contributed by atoms with E-state index in [9.17, 15) is 4.39 Å². The Hall–Kier alpha value is -1.86. The Labute approximate surface area is 106 Å². The van der Waals surface area contributed by atoms with Gasteiger partial charge >= 0.3 is 0 Å². The van der Waals surface area contributed by atoms with Gasteiger partial charge in [-0.2, -0.15) is 5.26 Å². The van der Waals surface area contributed by atoms with Gasteiger partial charge in [0.15, 0.2) is 0 Å². The third-order valence-electron chi connectivity index (χ3n) is 2.11. The van der Waals surface area contributed by atoms with Gasteiger partial charge in [0, 0.05) is 10.5 Å². The molecule has 0 heterocycles. The fourth-order valence-corrected chi connectivity index (χ4v) is 1.79. The van der Waals surface area contributed by atoms with Crippen LogP contribution in [-0.2, 0) is 0 Å². The highest BCUT2D eigenvalue weighted by atomic mass is 79.9. The van der Waals surface area contributed by atoms with Crippen LogP contribution in [0, 0.1) is 17.1 Å². The van der Waals surface area contributed by atoms with Gasteiger partial charge in [-0.15, -0.1) is 0 Å². The Morgan fingerprint density at radius 2 is 1.94 bits per heavy atom. The fraction of sp³-hybridized carbons (Fsp3) is 0. The number of benzene rings is 2. The minimum atomic E-state index is -0.379. The van der Waals surface area contributed by atoms with Crippen molar-refractivity contribution in [3.63, 3.8) is 0 Å². The van der Waals surface area contributed by atoms with Crippen LogP contribution in [0.25, 0.3) is 0 Å². The summed E-state index contributed by atoms with van der Waals surface area (Å²) < 4.78 is 19.1. The van der Waals surface area contributed by atoms with Gasteiger partial charge in [0.25, 0.3) is 0 Å². The minimum Gasteiger partial charge on any atom is -0.456 e. The third-order valence-corrected chi connectivity index (χ3v) is 2.77. The lowest BCUT2D eigenvalue weighted by atomic mass is 10.2. The van der Waals surface area contributed by atoms with Crippen molar-refractivity contribution in [2.45, 2.75) is 0 Å². The van der Waals surface area contributed by atoms with Crippen molar-refractivity contribution < 1.29 is 9.13 Å². The average Bonchev–Trinajstić information content (AvgIpc) is 2.29. The van der Waals surface area contributed by atoms with Crippen molar-refractivity contribution in [1.82, 2.24) is 0 Å². The first-order chi connectivity index (χ1) is 8.20. The average molecular weight is 292 g/mol. The number of halogens is 2. The molecular formula is C13H7BrFNO. The van der Waals surface area contributed by atoms with E-state index in [0.717, 1.165) is 0 Å². The van der Waals surface area contributed by atoms with E-state index >= 15 is 0 Å². The highest BCUT2D eigenvalue weighted by molar-refractivity contribution is 9.10. The lowest BCUT2D eigenvalue weighted by Gasteiger charge is -2.08. The van der Waals surface area contributed by atoms with Gasteiger partial charge in [-0.1, -0.05) is 12.1 Å². The smallest absolute Gasteiger partial charge is 0.146 e. The Bertz CT molecular complexity index is 592. The van der Waals surface area contributed by atoms with Crippen molar-refractivity contribution in [3.8, 4) is 17.6 Å². The summed E-state index contributed by atoms with van der Waals surface area (Å²) in [7, 11) is 0. The van der Waals surface area contributed by atoms with Crippen LogP contribution in [0.3, 0.4) is 0 Å². The van der Waals surface area contributed by atoms with E-state index < -0.39 is 0 Å². The topological polar surface area (TPSA) is 33.0 Å². The molecule has 84 valence electrons. The number of rotatable bonds is 2. The van der Waals surface area contributed by atoms with Crippen molar-refractivity contribution in [3.05, 3.63) is 58.3 Å². The molecule has 0 aromatic heterocycles. The van der Waals surface area contributed by atoms with E-state index in [1.165, 1.54) is 12.1 Å². The highest BCUT2D eigenvalue weighted by Gasteiger charge is 2.08. The number of nitrogens with zero attached hydrogens (tertiary/aromatic N) is 1. The zero-order chi connectivity index (χ0) is 12.3. The first-order valence-electron chi connectivity index (χ1n) is 4.83. The number of nitriles is 1. The molecule has 0 aliphatic heterocycles. The molecule has 0 amide bonds. The summed E-state index contributed by atoms with van der Waals surface area (Å²) in [6.07, 6.45) is 0. The lowest BCUT2D eigenvalue weighted by Crippen LogP contribution is -1.89. The van der Waals surface area contributed by atoms with Gasteiger partial charge in [-0.25, -0.2) is 4.39 Å². The number of hydrogen-bond acceptors (Lipinski definition) is 2. The molecule has 0 atom stereocenters. The number of ether oxygens (including phenoxy) is 1. The summed E-state index contributed by atoms with van der Waals surface area (Å²) in [6, 6.07) is 13.0. The van der Waals surface area contributed by atoms with Gasteiger partial charge < -0.3 is 4.74 Å². The van der Waals surface area contributed by atoms with Gasteiger partial charge in [-0.3, -0.25) is 0 Å². The van der Waals surface area contributed by atoms with Gasteiger partial charge in [-0.05, 0) is 40.2 Å². The maximum Gasteiger partial charge on any atom is 0.146 e. The zero-order valence-electron chi connectivity index (χ0n) is 8.65. The Kier molecular flexibility index (Phi) is 3.40. The molecule has 2 nitrogen and oxygen atoms in total. The first-order valence-corrected chi connectivity index (χ1v) is 5.62. The van der Waals surface area contributed by atoms with Crippen LogP contribution in [0.2, 0.25) is 0 Å². The molecule has 2 aromatic rings. The molecule has 2 rings (SSSR count). The molecule has 0 bridgehead atoms. The van der Waals surface area contributed by atoms with E-state index in [2.05, 4.69) is 15.9 Å². The summed E-state index contributed by atoms with van der Waals surface area (Å²) in [5.74, 6) is 0.378. The predicted molar refractivity (Wildman–Crippen MR) is 65.3 cm³/mol. The van der Waals surface area contributed by atoms with Gasteiger partial charge in [0.1, 0.15) is 28.9 Å².